The van der Waals surface area contributed by atoms with Crippen molar-refractivity contribution in [1.82, 2.24) is 49.8 Å². The van der Waals surface area contributed by atoms with Gasteiger partial charge in [-0.2, -0.15) is 0 Å². The minimum atomic E-state index is 0.685. The molecule has 19 aromatic carbocycles. The van der Waals surface area contributed by atoms with Gasteiger partial charge < -0.3 is 0 Å². The van der Waals surface area contributed by atoms with Gasteiger partial charge in [0, 0.05) is 119 Å². The van der Waals surface area contributed by atoms with E-state index in [9.17, 15) is 0 Å². The Balaban J connectivity index is 0.000000115. The first-order valence-electron chi connectivity index (χ1n) is 48.9. The number of aromatic nitrogens is 10. The molecule has 0 unspecified atom stereocenters. The van der Waals surface area contributed by atoms with E-state index in [2.05, 4.69) is 413 Å². The summed E-state index contributed by atoms with van der Waals surface area (Å²) in [6, 6.07) is 180. The summed E-state index contributed by atoms with van der Waals surface area (Å²) in [6.45, 7) is 0. The van der Waals surface area contributed by atoms with Crippen molar-refractivity contribution in [2.45, 2.75) is 0 Å². The monoisotopic (exact) mass is 1930 g/mol. The first-order chi connectivity index (χ1) is 72.8. The van der Waals surface area contributed by atoms with Crippen LogP contribution >= 0.6 is 34.0 Å². The summed E-state index contributed by atoms with van der Waals surface area (Å²) in [7, 11) is 0. The second kappa shape index (κ2) is 40.3. The van der Waals surface area contributed by atoms with E-state index in [1.165, 1.54) is 63.6 Å². The van der Waals surface area contributed by atoms with Crippen molar-refractivity contribution in [1.29, 1.82) is 0 Å². The van der Waals surface area contributed by atoms with E-state index in [1.807, 2.05) is 109 Å². The minimum Gasteiger partial charge on any atom is -0.236 e. The lowest BCUT2D eigenvalue weighted by Crippen LogP contribution is -1.96. The number of thiophene rings is 3. The molecule has 0 aliphatic rings. The van der Waals surface area contributed by atoms with Crippen LogP contribution in [-0.2, 0) is 0 Å². The average Bonchev–Trinajstić information content (AvgIpc) is 1.61. The average molecular weight is 1930 g/mol. The third-order valence-electron chi connectivity index (χ3n) is 26.6. The molecule has 8 aromatic heterocycles. The normalized spacial score (nSPS) is 11.3. The zero-order valence-corrected chi connectivity index (χ0v) is 81.8. The molecule has 0 saturated carbocycles. The molecule has 13 heteroatoms. The van der Waals surface area contributed by atoms with E-state index < -0.39 is 0 Å². The second-order valence-electron chi connectivity index (χ2n) is 36.0. The van der Waals surface area contributed by atoms with Crippen LogP contribution in [0.3, 0.4) is 0 Å². The van der Waals surface area contributed by atoms with E-state index >= 15 is 0 Å². The fourth-order valence-corrected chi connectivity index (χ4v) is 22.6. The molecule has 8 heterocycles. The van der Waals surface area contributed by atoms with Gasteiger partial charge in [0.05, 0.1) is 34.2 Å². The molecule has 690 valence electrons. The molecular weight excluding hydrogens is 1850 g/mol. The van der Waals surface area contributed by atoms with Gasteiger partial charge in [-0.25, -0.2) is 49.8 Å². The third-order valence-corrected chi connectivity index (χ3v) is 29.8. The summed E-state index contributed by atoms with van der Waals surface area (Å²) in [5.74, 6) is 3.55. The van der Waals surface area contributed by atoms with Gasteiger partial charge in [-0.15, -0.1) is 34.0 Å². The highest BCUT2D eigenvalue weighted by Crippen LogP contribution is 2.47. The standard InChI is InChI=1S/C46H30N2S.2C44H28N4S/c1-4-14-31(15-5-1)38-28-39(32-16-6-2-7-17-32)30-40(29-38)36-22-12-20-34(26-36)35-21-13-23-37(27-35)45-47-44(33-18-8-3-9-19-33)43-41-24-10-11-25-42(41)49-46(43)48-45;1-4-14-29(15-5-1)40-37(28-45-42(46-40)31-18-8-3-9-19-31)34-22-12-20-32(26-34)33-21-13-23-35(27-33)43-47-41(30-16-6-2-7-17-30)39-36-24-10-11-25-38(36)49-44(39)48-43;1-4-14-29(15-5-1)37-28-38(30-16-6-2-7-17-30)46-42(45-37)34-22-12-20-32(26-34)33-21-13-23-35(27-33)43-47-41(31-18-8-3-9-19-31)40-36-24-10-11-25-39(36)49-44(40)48-43/h1-30H;2*1-28H. The van der Waals surface area contributed by atoms with Crippen LogP contribution in [0.1, 0.15) is 0 Å². The molecule has 27 aromatic rings. The number of hydrogen-bond acceptors (Lipinski definition) is 13. The van der Waals surface area contributed by atoms with Crippen LogP contribution in [0.15, 0.2) is 522 Å². The predicted molar refractivity (Wildman–Crippen MR) is 614 cm³/mol. The molecule has 0 saturated heterocycles. The summed E-state index contributed by atoms with van der Waals surface area (Å²) < 4.78 is 3.64. The summed E-state index contributed by atoms with van der Waals surface area (Å²) in [5, 5.41) is 6.90. The Kier molecular flexibility index (Phi) is 24.6. The SMILES string of the molecule is c1ccc(-c2cc(-c3ccccc3)cc(-c3cccc(-c4cccc(-c5nc(-c6ccccc6)c6c(n5)sc5ccccc56)c4)c3)c2)cc1.c1ccc(-c2cc(-c3ccccc3)nc(-c3cccc(-c4cccc(-c5nc(-c6ccccc6)c6c(n5)sc5ccccc56)c4)c3)n2)cc1.c1ccc(-c2ncc(-c3cccc(-c4cccc(-c5nc(-c6ccccc6)c6c(n5)sc5ccccc56)c4)c3)c(-c3ccccc3)n2)cc1. The van der Waals surface area contributed by atoms with Gasteiger partial charge in [0.15, 0.2) is 29.1 Å². The molecule has 0 N–H and O–H groups in total. The van der Waals surface area contributed by atoms with Crippen molar-refractivity contribution in [3.05, 3.63) is 522 Å². The first kappa shape index (κ1) is 89.6. The number of fused-ring (bicyclic) bond motifs is 9. The van der Waals surface area contributed by atoms with E-state index in [4.69, 9.17) is 49.8 Å². The molecular formula is C134H86N10S3. The maximum absolute atomic E-state index is 5.24. The molecule has 0 spiro atoms. The molecule has 0 atom stereocenters. The molecule has 10 nitrogen and oxygen atoms in total. The third kappa shape index (κ3) is 18.6. The molecule has 0 aliphatic carbocycles. The van der Waals surface area contributed by atoms with Gasteiger partial charge in [0.1, 0.15) is 14.5 Å². The molecule has 0 aliphatic heterocycles. The van der Waals surface area contributed by atoms with E-state index in [1.54, 1.807) is 34.0 Å². The largest absolute Gasteiger partial charge is 0.236 e. The lowest BCUT2D eigenvalue weighted by atomic mass is 9.92. The number of hydrogen-bond donors (Lipinski definition) is 0. The number of rotatable bonds is 18. The minimum absolute atomic E-state index is 0.685. The van der Waals surface area contributed by atoms with Crippen molar-refractivity contribution < 1.29 is 0 Å². The molecule has 27 rings (SSSR count). The number of benzene rings is 19. The van der Waals surface area contributed by atoms with Gasteiger partial charge >= 0.3 is 0 Å². The highest BCUT2D eigenvalue weighted by Gasteiger charge is 2.25. The Bertz CT molecular complexity index is 9050. The van der Waals surface area contributed by atoms with Crippen LogP contribution in [-0.4, -0.2) is 49.8 Å². The Morgan fingerprint density at radius 2 is 0.354 bits per heavy atom. The molecule has 0 amide bonds. The van der Waals surface area contributed by atoms with E-state index in [-0.39, 0.29) is 0 Å². The molecule has 147 heavy (non-hydrogen) atoms. The van der Waals surface area contributed by atoms with Crippen molar-refractivity contribution in [3.63, 3.8) is 0 Å². The lowest BCUT2D eigenvalue weighted by Gasteiger charge is -2.13. The maximum atomic E-state index is 5.24. The van der Waals surface area contributed by atoms with Crippen LogP contribution in [0.4, 0.5) is 0 Å². The Morgan fingerprint density at radius 1 is 0.136 bits per heavy atom. The Labute approximate surface area is 862 Å². The summed E-state index contributed by atoms with van der Waals surface area (Å²) in [5.41, 5.74) is 32.6. The number of nitrogens with zero attached hydrogens (tertiary/aromatic N) is 10. The molecule has 0 fully saturated rings. The smallest absolute Gasteiger partial charge is 0.161 e. The highest BCUT2D eigenvalue weighted by molar-refractivity contribution is 7.26. The highest BCUT2D eigenvalue weighted by atomic mass is 32.1. The van der Waals surface area contributed by atoms with Crippen molar-refractivity contribution in [2.75, 3.05) is 0 Å². The van der Waals surface area contributed by atoms with Crippen molar-refractivity contribution >= 4 is 94.9 Å². The van der Waals surface area contributed by atoms with Crippen molar-refractivity contribution in [2.24, 2.45) is 0 Å². The Morgan fingerprint density at radius 3 is 0.680 bits per heavy atom. The van der Waals surface area contributed by atoms with Crippen LogP contribution < -0.4 is 0 Å². The summed E-state index contributed by atoms with van der Waals surface area (Å²) in [4.78, 5) is 54.1. The fraction of sp³-hybridized carbons (Fsp3) is 0. The van der Waals surface area contributed by atoms with Gasteiger partial charge in [0.2, 0.25) is 0 Å². The zero-order chi connectivity index (χ0) is 97.7. The quantitative estimate of drug-likeness (QED) is 0.0819. The van der Waals surface area contributed by atoms with Crippen LogP contribution in [0.25, 0.3) is 263 Å². The van der Waals surface area contributed by atoms with Crippen molar-refractivity contribution in [3.8, 4) is 202 Å². The predicted octanol–water partition coefficient (Wildman–Crippen LogP) is 36.1. The zero-order valence-electron chi connectivity index (χ0n) is 79.3. The van der Waals surface area contributed by atoms with Crippen LogP contribution in [0.5, 0.6) is 0 Å². The van der Waals surface area contributed by atoms with E-state index in [0.29, 0.717) is 23.3 Å². The Hall–Kier alpha value is -18.8. The topological polar surface area (TPSA) is 129 Å². The fourth-order valence-electron chi connectivity index (χ4n) is 19.4. The second-order valence-corrected chi connectivity index (χ2v) is 39.1. The van der Waals surface area contributed by atoms with Gasteiger partial charge in [-0.3, -0.25) is 0 Å². The van der Waals surface area contributed by atoms with E-state index in [0.717, 1.165) is 176 Å². The molecule has 0 radical (unpaired) electrons. The van der Waals surface area contributed by atoms with Gasteiger partial charge in [-0.05, 0) is 151 Å². The maximum Gasteiger partial charge on any atom is 0.161 e. The summed E-state index contributed by atoms with van der Waals surface area (Å²) in [6.07, 6.45) is 1.95. The molecule has 0 bridgehead atoms. The van der Waals surface area contributed by atoms with Gasteiger partial charge in [-0.1, -0.05) is 437 Å². The first-order valence-corrected chi connectivity index (χ1v) is 51.4. The van der Waals surface area contributed by atoms with Crippen LogP contribution in [0, 0.1) is 0 Å². The van der Waals surface area contributed by atoms with Crippen LogP contribution in [0.2, 0.25) is 0 Å². The summed E-state index contributed by atoms with van der Waals surface area (Å²) >= 11 is 5.16. The van der Waals surface area contributed by atoms with Gasteiger partial charge in [0.25, 0.3) is 0 Å². The lowest BCUT2D eigenvalue weighted by molar-refractivity contribution is 1.18.